The van der Waals surface area contributed by atoms with Gasteiger partial charge in [0.05, 0.1) is 4.90 Å². The number of hydrogen-bond acceptors (Lipinski definition) is 4. The minimum atomic E-state index is -4.60. The Morgan fingerprint density at radius 2 is 1.72 bits per heavy atom. The average Bonchev–Trinajstić information content (AvgIpc) is 2.55. The third kappa shape index (κ3) is 4.96. The summed E-state index contributed by atoms with van der Waals surface area (Å²) in [5.41, 5.74) is 1.85. The molecule has 0 spiro atoms. The van der Waals surface area contributed by atoms with Crippen molar-refractivity contribution in [2.75, 3.05) is 19.4 Å². The standard InChI is InChI=1S/C17H19F3N2O2S/c1-22(2)11-13-4-3-12(9-16(13)18)10-21-14-5-7-15(8-6-14)25(23,24)17(19)20/h3-9,17,21H,10-11H2,1-2H3. The molecule has 2 rings (SSSR count). The molecule has 0 saturated heterocycles. The van der Waals surface area contributed by atoms with Crippen LogP contribution in [0.4, 0.5) is 18.9 Å². The number of halogens is 3. The molecule has 0 bridgehead atoms. The first-order valence-electron chi connectivity index (χ1n) is 7.48. The molecule has 0 unspecified atom stereocenters. The molecule has 0 fully saturated rings. The number of benzene rings is 2. The van der Waals surface area contributed by atoms with Crippen LogP contribution >= 0.6 is 0 Å². The van der Waals surface area contributed by atoms with Crippen molar-refractivity contribution in [3.8, 4) is 0 Å². The highest BCUT2D eigenvalue weighted by Gasteiger charge is 2.26. The maximum absolute atomic E-state index is 14.0. The SMILES string of the molecule is CN(C)Cc1ccc(CNc2ccc(S(=O)(=O)C(F)F)cc2)cc1F. The quantitative estimate of drug-likeness (QED) is 0.808. The molecule has 0 aromatic heterocycles. The van der Waals surface area contributed by atoms with Crippen molar-refractivity contribution < 1.29 is 21.6 Å². The fourth-order valence-electron chi connectivity index (χ4n) is 2.24. The highest BCUT2D eigenvalue weighted by Crippen LogP contribution is 2.21. The van der Waals surface area contributed by atoms with Crippen LogP contribution in [0.1, 0.15) is 11.1 Å². The van der Waals surface area contributed by atoms with Gasteiger partial charge in [0.25, 0.3) is 0 Å². The minimum absolute atomic E-state index is 0.300. The molecule has 0 aliphatic carbocycles. The van der Waals surface area contributed by atoms with E-state index in [4.69, 9.17) is 0 Å². The average molecular weight is 372 g/mol. The van der Waals surface area contributed by atoms with Crippen molar-refractivity contribution in [1.82, 2.24) is 4.90 Å². The van der Waals surface area contributed by atoms with Gasteiger partial charge in [0.1, 0.15) is 5.82 Å². The van der Waals surface area contributed by atoms with Crippen LogP contribution in [0.25, 0.3) is 0 Å². The van der Waals surface area contributed by atoms with Crippen molar-refractivity contribution in [1.29, 1.82) is 0 Å². The first kappa shape index (κ1) is 19.3. The summed E-state index contributed by atoms with van der Waals surface area (Å²) >= 11 is 0. The second-order valence-electron chi connectivity index (χ2n) is 5.85. The van der Waals surface area contributed by atoms with Gasteiger partial charge >= 0.3 is 5.76 Å². The lowest BCUT2D eigenvalue weighted by molar-refractivity contribution is 0.234. The van der Waals surface area contributed by atoms with Crippen LogP contribution in [0.3, 0.4) is 0 Å². The number of hydrogen-bond donors (Lipinski definition) is 1. The van der Waals surface area contributed by atoms with Crippen LogP contribution in [-0.4, -0.2) is 33.2 Å². The molecule has 0 saturated carbocycles. The van der Waals surface area contributed by atoms with Crippen LogP contribution in [0.2, 0.25) is 0 Å². The summed E-state index contributed by atoms with van der Waals surface area (Å²) in [6.45, 7) is 0.819. The third-order valence-electron chi connectivity index (χ3n) is 3.52. The molecule has 0 amide bonds. The first-order chi connectivity index (χ1) is 11.7. The molecule has 8 heteroatoms. The van der Waals surface area contributed by atoms with E-state index in [1.54, 1.807) is 12.1 Å². The molecule has 136 valence electrons. The van der Waals surface area contributed by atoms with Gasteiger partial charge in [-0.3, -0.25) is 0 Å². The highest BCUT2D eigenvalue weighted by molar-refractivity contribution is 7.91. The Labute approximate surface area is 145 Å². The Bertz CT molecular complexity index is 822. The van der Waals surface area contributed by atoms with Crippen molar-refractivity contribution in [3.63, 3.8) is 0 Å². The second kappa shape index (κ2) is 7.88. The Kier molecular flexibility index (Phi) is 6.07. The molecule has 0 aliphatic rings. The van der Waals surface area contributed by atoms with E-state index in [0.717, 1.165) is 12.1 Å². The van der Waals surface area contributed by atoms with Gasteiger partial charge in [0.15, 0.2) is 0 Å². The van der Waals surface area contributed by atoms with Crippen LogP contribution in [0.15, 0.2) is 47.4 Å². The molecule has 1 N–H and O–H groups in total. The molecule has 25 heavy (non-hydrogen) atoms. The predicted octanol–water partition coefficient (Wildman–Crippen LogP) is 3.50. The summed E-state index contributed by atoms with van der Waals surface area (Å²) < 4.78 is 61.7. The van der Waals surface area contributed by atoms with E-state index in [0.29, 0.717) is 29.9 Å². The Morgan fingerprint density at radius 1 is 1.08 bits per heavy atom. The predicted molar refractivity (Wildman–Crippen MR) is 90.7 cm³/mol. The van der Waals surface area contributed by atoms with Crippen molar-refractivity contribution in [2.45, 2.75) is 23.7 Å². The summed E-state index contributed by atoms with van der Waals surface area (Å²) in [6, 6.07) is 9.96. The molecular weight excluding hydrogens is 353 g/mol. The molecule has 2 aromatic carbocycles. The Balaban J connectivity index is 2.03. The molecule has 0 radical (unpaired) electrons. The van der Waals surface area contributed by atoms with Gasteiger partial charge in [-0.25, -0.2) is 12.8 Å². The van der Waals surface area contributed by atoms with E-state index in [1.807, 2.05) is 19.0 Å². The lowest BCUT2D eigenvalue weighted by atomic mass is 10.1. The maximum atomic E-state index is 14.0. The van der Waals surface area contributed by atoms with E-state index in [-0.39, 0.29) is 5.82 Å². The van der Waals surface area contributed by atoms with Gasteiger partial charge in [-0.05, 0) is 50.0 Å². The topological polar surface area (TPSA) is 49.4 Å². The summed E-state index contributed by atoms with van der Waals surface area (Å²) in [5.74, 6) is -3.75. The van der Waals surface area contributed by atoms with Crippen LogP contribution < -0.4 is 5.32 Å². The summed E-state index contributed by atoms with van der Waals surface area (Å²) in [7, 11) is -0.888. The summed E-state index contributed by atoms with van der Waals surface area (Å²) in [5, 5.41) is 3.00. The molecule has 4 nitrogen and oxygen atoms in total. The van der Waals surface area contributed by atoms with Crippen molar-refractivity contribution in [3.05, 3.63) is 59.4 Å². The van der Waals surface area contributed by atoms with Crippen LogP contribution in [0, 0.1) is 5.82 Å². The molecule has 2 aromatic rings. The van der Waals surface area contributed by atoms with Crippen LogP contribution in [-0.2, 0) is 22.9 Å². The van der Waals surface area contributed by atoms with Crippen molar-refractivity contribution >= 4 is 15.5 Å². The van der Waals surface area contributed by atoms with Gasteiger partial charge in [-0.1, -0.05) is 12.1 Å². The maximum Gasteiger partial charge on any atom is 0.341 e. The molecule has 0 aliphatic heterocycles. The summed E-state index contributed by atoms with van der Waals surface area (Å²) in [4.78, 5) is 1.43. The number of alkyl halides is 2. The summed E-state index contributed by atoms with van der Waals surface area (Å²) in [6.07, 6.45) is 0. The lowest BCUT2D eigenvalue weighted by Gasteiger charge is -2.12. The van der Waals surface area contributed by atoms with E-state index >= 15 is 0 Å². The fourth-order valence-corrected chi connectivity index (χ4v) is 2.96. The van der Waals surface area contributed by atoms with Crippen molar-refractivity contribution in [2.24, 2.45) is 0 Å². The van der Waals surface area contributed by atoms with Gasteiger partial charge in [-0.2, -0.15) is 8.78 Å². The Hall–Kier alpha value is -2.06. The number of anilines is 1. The minimum Gasteiger partial charge on any atom is -0.381 e. The Morgan fingerprint density at radius 3 is 2.24 bits per heavy atom. The molecular formula is C17H19F3N2O2S. The largest absolute Gasteiger partial charge is 0.381 e. The zero-order valence-corrected chi connectivity index (χ0v) is 14.7. The van der Waals surface area contributed by atoms with E-state index in [1.165, 1.54) is 18.2 Å². The number of nitrogens with one attached hydrogen (secondary N) is 1. The second-order valence-corrected chi connectivity index (χ2v) is 7.76. The smallest absolute Gasteiger partial charge is 0.341 e. The van der Waals surface area contributed by atoms with Gasteiger partial charge in [0.2, 0.25) is 9.84 Å². The zero-order valence-electron chi connectivity index (χ0n) is 13.8. The number of nitrogens with zero attached hydrogens (tertiary/aromatic N) is 1. The normalized spacial score (nSPS) is 12.0. The molecule has 0 heterocycles. The van der Waals surface area contributed by atoms with E-state index < -0.39 is 20.5 Å². The van der Waals surface area contributed by atoms with Crippen LogP contribution in [0.5, 0.6) is 0 Å². The van der Waals surface area contributed by atoms with E-state index in [9.17, 15) is 21.6 Å². The molecule has 0 atom stereocenters. The zero-order chi connectivity index (χ0) is 18.6. The first-order valence-corrected chi connectivity index (χ1v) is 9.03. The monoisotopic (exact) mass is 372 g/mol. The number of rotatable bonds is 7. The van der Waals surface area contributed by atoms with Gasteiger partial charge < -0.3 is 10.2 Å². The lowest BCUT2D eigenvalue weighted by Crippen LogP contribution is -2.12. The van der Waals surface area contributed by atoms with Gasteiger partial charge in [-0.15, -0.1) is 0 Å². The fraction of sp³-hybridized carbons (Fsp3) is 0.294. The number of sulfone groups is 1. The van der Waals surface area contributed by atoms with Gasteiger partial charge in [0, 0.05) is 24.3 Å². The third-order valence-corrected chi connectivity index (χ3v) is 4.92. The highest BCUT2D eigenvalue weighted by atomic mass is 32.2. The van der Waals surface area contributed by atoms with E-state index in [2.05, 4.69) is 5.32 Å².